The molecule has 32 heavy (non-hydrogen) atoms. The number of carbonyl (C=O) groups is 1. The zero-order valence-corrected chi connectivity index (χ0v) is 20.4. The van der Waals surface area contributed by atoms with E-state index < -0.39 is 10.0 Å². The minimum atomic E-state index is -3.52. The minimum absolute atomic E-state index is 0.0883. The van der Waals surface area contributed by atoms with Crippen molar-refractivity contribution in [1.82, 2.24) is 18.8 Å². The maximum Gasteiger partial charge on any atom is 0.242 e. The van der Waals surface area contributed by atoms with E-state index in [4.69, 9.17) is 0 Å². The third-order valence-electron chi connectivity index (χ3n) is 5.89. The first-order chi connectivity index (χ1) is 15.3. The first-order valence-corrected chi connectivity index (χ1v) is 13.2. The number of rotatable bonds is 6. The van der Waals surface area contributed by atoms with Crippen LogP contribution in [-0.4, -0.2) is 47.3 Å². The molecule has 0 unspecified atom stereocenters. The van der Waals surface area contributed by atoms with Gasteiger partial charge in [0.25, 0.3) is 0 Å². The molecule has 10 heteroatoms. The number of nitrogens with zero attached hydrogens (tertiary/aromatic N) is 4. The van der Waals surface area contributed by atoms with Crippen LogP contribution >= 0.6 is 11.3 Å². The largest absolute Gasteiger partial charge is 0.331 e. The summed E-state index contributed by atoms with van der Waals surface area (Å²) < 4.78 is 27.9. The van der Waals surface area contributed by atoms with Crippen LogP contribution < -0.4 is 5.32 Å². The standard InChI is InChI=1S/C22H29N5O3S2/c1-26(2)32(29,30)15-10-11-18-17(14-15)23-20(27(18)3)12-13-21(28)25-22-24-16-8-6-4-5-7-9-19(16)31-22/h10-11,14H,4-9,12-13H2,1-3H3,(H,24,25,28). The molecule has 3 aromatic rings. The van der Waals surface area contributed by atoms with E-state index >= 15 is 0 Å². The molecule has 1 aliphatic rings. The molecule has 4 rings (SSSR count). The number of aryl methyl sites for hydroxylation is 4. The first-order valence-electron chi connectivity index (χ1n) is 10.9. The van der Waals surface area contributed by atoms with E-state index in [0.717, 1.165) is 36.3 Å². The highest BCUT2D eigenvalue weighted by molar-refractivity contribution is 7.89. The fourth-order valence-corrected chi connectivity index (χ4v) is 5.98. The molecule has 8 nitrogen and oxygen atoms in total. The lowest BCUT2D eigenvalue weighted by Crippen LogP contribution is -2.22. The molecule has 1 N–H and O–H groups in total. The molecule has 0 saturated carbocycles. The Labute approximate surface area is 192 Å². The van der Waals surface area contributed by atoms with E-state index in [1.165, 1.54) is 42.5 Å². The summed E-state index contributed by atoms with van der Waals surface area (Å²) in [6.45, 7) is 0. The summed E-state index contributed by atoms with van der Waals surface area (Å²) in [5, 5.41) is 3.64. The van der Waals surface area contributed by atoms with E-state index in [1.807, 2.05) is 11.6 Å². The molecule has 1 aromatic carbocycles. The number of anilines is 1. The highest BCUT2D eigenvalue weighted by atomic mass is 32.2. The van der Waals surface area contributed by atoms with Gasteiger partial charge in [0.15, 0.2) is 5.13 Å². The van der Waals surface area contributed by atoms with Crippen molar-refractivity contribution in [3.63, 3.8) is 0 Å². The van der Waals surface area contributed by atoms with E-state index in [1.54, 1.807) is 29.5 Å². The molecule has 172 valence electrons. The van der Waals surface area contributed by atoms with Gasteiger partial charge in [0, 0.05) is 38.9 Å². The van der Waals surface area contributed by atoms with E-state index in [-0.39, 0.29) is 17.2 Å². The lowest BCUT2D eigenvalue weighted by atomic mass is 10.0. The molecule has 0 fully saturated rings. The topological polar surface area (TPSA) is 97.2 Å². The fraction of sp³-hybridized carbons (Fsp3) is 0.500. The maximum absolute atomic E-state index is 12.6. The van der Waals surface area contributed by atoms with Crippen LogP contribution in [-0.2, 0) is 41.1 Å². The quantitative estimate of drug-likeness (QED) is 0.588. The van der Waals surface area contributed by atoms with Gasteiger partial charge < -0.3 is 9.88 Å². The van der Waals surface area contributed by atoms with Crippen molar-refractivity contribution < 1.29 is 13.2 Å². The van der Waals surface area contributed by atoms with Gasteiger partial charge in [0.2, 0.25) is 15.9 Å². The van der Waals surface area contributed by atoms with Gasteiger partial charge in [-0.2, -0.15) is 0 Å². The molecular weight excluding hydrogens is 446 g/mol. The summed E-state index contributed by atoms with van der Waals surface area (Å²) in [5.41, 5.74) is 2.58. The number of fused-ring (bicyclic) bond motifs is 2. The van der Waals surface area contributed by atoms with Crippen LogP contribution in [0.2, 0.25) is 0 Å². The van der Waals surface area contributed by atoms with E-state index in [2.05, 4.69) is 15.3 Å². The number of aromatic nitrogens is 3. The van der Waals surface area contributed by atoms with Gasteiger partial charge in [-0.05, 0) is 43.9 Å². The number of sulfonamides is 1. The number of benzene rings is 1. The number of carbonyl (C=O) groups excluding carboxylic acids is 1. The Balaban J connectivity index is 1.44. The molecule has 0 saturated heterocycles. The molecule has 1 aliphatic carbocycles. The van der Waals surface area contributed by atoms with Crippen LogP contribution in [0.1, 0.15) is 48.5 Å². The molecule has 0 atom stereocenters. The molecule has 0 bridgehead atoms. The molecule has 2 heterocycles. The van der Waals surface area contributed by atoms with Crippen molar-refractivity contribution in [3.8, 4) is 0 Å². The number of amides is 1. The summed E-state index contributed by atoms with van der Waals surface area (Å²) in [5.74, 6) is 0.649. The van der Waals surface area contributed by atoms with Gasteiger partial charge >= 0.3 is 0 Å². The lowest BCUT2D eigenvalue weighted by Gasteiger charge is -2.10. The molecular formula is C22H29N5O3S2. The summed E-state index contributed by atoms with van der Waals surface area (Å²) in [4.78, 5) is 23.3. The van der Waals surface area contributed by atoms with Crippen molar-refractivity contribution in [2.75, 3.05) is 19.4 Å². The summed E-state index contributed by atoms with van der Waals surface area (Å²) in [6, 6.07) is 4.93. The number of hydrogen-bond donors (Lipinski definition) is 1. The average molecular weight is 476 g/mol. The molecule has 0 radical (unpaired) electrons. The first kappa shape index (κ1) is 22.9. The van der Waals surface area contributed by atoms with Gasteiger partial charge in [0.1, 0.15) is 5.82 Å². The second-order valence-corrected chi connectivity index (χ2v) is 11.6. The van der Waals surface area contributed by atoms with Crippen LogP contribution in [0.4, 0.5) is 5.13 Å². The molecule has 1 amide bonds. The zero-order chi connectivity index (χ0) is 22.9. The molecule has 0 aliphatic heterocycles. The smallest absolute Gasteiger partial charge is 0.242 e. The monoisotopic (exact) mass is 475 g/mol. The second kappa shape index (κ2) is 9.29. The predicted octanol–water partition coefficient (Wildman–Crippen LogP) is 3.51. The highest BCUT2D eigenvalue weighted by Crippen LogP contribution is 2.28. The van der Waals surface area contributed by atoms with Crippen LogP contribution in [0, 0.1) is 0 Å². The zero-order valence-electron chi connectivity index (χ0n) is 18.7. The van der Waals surface area contributed by atoms with E-state index in [0.29, 0.717) is 17.1 Å². The van der Waals surface area contributed by atoms with Crippen LogP contribution in [0.3, 0.4) is 0 Å². The maximum atomic E-state index is 12.6. The Hall–Kier alpha value is -2.30. The number of imidazole rings is 1. The normalized spacial score (nSPS) is 14.9. The Bertz CT molecular complexity index is 1220. The number of hydrogen-bond acceptors (Lipinski definition) is 6. The average Bonchev–Trinajstić information content (AvgIpc) is 3.25. The molecule has 0 spiro atoms. The van der Waals surface area contributed by atoms with Crippen LogP contribution in [0.5, 0.6) is 0 Å². The number of nitrogens with one attached hydrogen (secondary N) is 1. The van der Waals surface area contributed by atoms with Crippen molar-refractivity contribution in [2.45, 2.75) is 56.3 Å². The van der Waals surface area contributed by atoms with Crippen LogP contribution in [0.25, 0.3) is 11.0 Å². The third-order valence-corrected chi connectivity index (χ3v) is 8.78. The summed E-state index contributed by atoms with van der Waals surface area (Å²) in [7, 11) is 1.36. The Morgan fingerprint density at radius 1 is 1.16 bits per heavy atom. The van der Waals surface area contributed by atoms with Gasteiger partial charge in [-0.15, -0.1) is 11.3 Å². The van der Waals surface area contributed by atoms with Gasteiger partial charge in [-0.1, -0.05) is 12.8 Å². The van der Waals surface area contributed by atoms with Crippen LogP contribution in [0.15, 0.2) is 23.1 Å². The van der Waals surface area contributed by atoms with E-state index in [9.17, 15) is 13.2 Å². The van der Waals surface area contributed by atoms with Gasteiger partial charge in [0.05, 0.1) is 21.6 Å². The van der Waals surface area contributed by atoms with Gasteiger partial charge in [-0.25, -0.2) is 22.7 Å². The van der Waals surface area contributed by atoms with Crippen molar-refractivity contribution >= 4 is 43.4 Å². The van der Waals surface area contributed by atoms with Gasteiger partial charge in [-0.3, -0.25) is 4.79 Å². The number of thiazole rings is 1. The summed E-state index contributed by atoms with van der Waals surface area (Å²) in [6.07, 6.45) is 7.64. The van der Waals surface area contributed by atoms with Crippen molar-refractivity contribution in [3.05, 3.63) is 34.6 Å². The Morgan fingerprint density at radius 2 is 1.91 bits per heavy atom. The predicted molar refractivity (Wildman–Crippen MR) is 127 cm³/mol. The molecule has 2 aromatic heterocycles. The minimum Gasteiger partial charge on any atom is -0.331 e. The highest BCUT2D eigenvalue weighted by Gasteiger charge is 2.20. The Morgan fingerprint density at radius 3 is 2.66 bits per heavy atom. The Kier molecular flexibility index (Phi) is 6.64. The fourth-order valence-electron chi connectivity index (χ4n) is 3.99. The van der Waals surface area contributed by atoms with Crippen molar-refractivity contribution in [2.24, 2.45) is 7.05 Å². The summed E-state index contributed by atoms with van der Waals surface area (Å²) >= 11 is 1.60. The lowest BCUT2D eigenvalue weighted by molar-refractivity contribution is -0.116. The second-order valence-electron chi connectivity index (χ2n) is 8.38. The SMILES string of the molecule is CN(C)S(=O)(=O)c1ccc2c(c1)nc(CCC(=O)Nc1nc3c(s1)CCCCCC3)n2C. The van der Waals surface area contributed by atoms with Crippen molar-refractivity contribution in [1.29, 1.82) is 0 Å². The third kappa shape index (κ3) is 4.72.